The average Bonchev–Trinajstić information content (AvgIpc) is 2.93. The molecule has 2 nitrogen and oxygen atoms in total. The number of para-hydroxylation sites is 1. The van der Waals surface area contributed by atoms with Crippen LogP contribution in [0.5, 0.6) is 0 Å². The first-order valence-electron chi connectivity index (χ1n) is 8.57. The van der Waals surface area contributed by atoms with E-state index in [0.29, 0.717) is 6.04 Å². The molecule has 21 heavy (non-hydrogen) atoms. The Kier molecular flexibility index (Phi) is 6.81. The van der Waals surface area contributed by atoms with Gasteiger partial charge in [-0.05, 0) is 31.5 Å². The lowest BCUT2D eigenvalue weighted by Crippen LogP contribution is -2.21. The van der Waals surface area contributed by atoms with Crippen LogP contribution in [0, 0.1) is 0 Å². The molecule has 0 aliphatic carbocycles. The van der Waals surface area contributed by atoms with Gasteiger partial charge in [-0.3, -0.25) is 0 Å². The van der Waals surface area contributed by atoms with Gasteiger partial charge < -0.3 is 9.73 Å². The quantitative estimate of drug-likeness (QED) is 0.556. The molecule has 0 amide bonds. The monoisotopic (exact) mass is 287 g/mol. The molecular weight excluding hydrogens is 258 g/mol. The number of hydrogen-bond acceptors (Lipinski definition) is 2. The summed E-state index contributed by atoms with van der Waals surface area (Å²) in [5.74, 6) is 1.10. The summed E-state index contributed by atoms with van der Waals surface area (Å²) >= 11 is 0. The Labute approximate surface area is 128 Å². The Morgan fingerprint density at radius 2 is 1.81 bits per heavy atom. The van der Waals surface area contributed by atoms with Crippen LogP contribution in [0.2, 0.25) is 0 Å². The van der Waals surface area contributed by atoms with Crippen LogP contribution < -0.4 is 5.32 Å². The van der Waals surface area contributed by atoms with Gasteiger partial charge in [-0.1, -0.05) is 64.2 Å². The van der Waals surface area contributed by atoms with E-state index in [0.717, 1.165) is 24.3 Å². The Balaban J connectivity index is 1.97. The van der Waals surface area contributed by atoms with E-state index in [-0.39, 0.29) is 0 Å². The first-order valence-corrected chi connectivity index (χ1v) is 8.57. The van der Waals surface area contributed by atoms with Crippen molar-refractivity contribution in [2.24, 2.45) is 0 Å². The second-order valence-electron chi connectivity index (χ2n) is 5.90. The zero-order valence-corrected chi connectivity index (χ0v) is 13.5. The zero-order chi connectivity index (χ0) is 14.9. The smallest absolute Gasteiger partial charge is 0.134 e. The van der Waals surface area contributed by atoms with Crippen molar-refractivity contribution < 1.29 is 4.42 Å². The molecule has 2 aromatic rings. The van der Waals surface area contributed by atoms with E-state index in [1.807, 2.05) is 6.07 Å². The molecule has 0 aliphatic heterocycles. The maximum atomic E-state index is 6.04. The van der Waals surface area contributed by atoms with Gasteiger partial charge in [0.15, 0.2) is 0 Å². The van der Waals surface area contributed by atoms with Gasteiger partial charge in [0.2, 0.25) is 0 Å². The number of hydrogen-bond donors (Lipinski definition) is 1. The molecule has 0 radical (unpaired) electrons. The van der Waals surface area contributed by atoms with E-state index in [4.69, 9.17) is 4.42 Å². The second kappa shape index (κ2) is 8.89. The average molecular weight is 287 g/mol. The van der Waals surface area contributed by atoms with Crippen molar-refractivity contribution in [3.8, 4) is 0 Å². The number of benzene rings is 1. The molecule has 1 aromatic heterocycles. The minimum absolute atomic E-state index is 0.360. The van der Waals surface area contributed by atoms with Crippen LogP contribution in [0.3, 0.4) is 0 Å². The van der Waals surface area contributed by atoms with Crippen molar-refractivity contribution in [2.75, 3.05) is 6.54 Å². The van der Waals surface area contributed by atoms with E-state index in [1.165, 1.54) is 43.9 Å². The van der Waals surface area contributed by atoms with Gasteiger partial charge in [0.05, 0.1) is 6.04 Å². The van der Waals surface area contributed by atoms with Crippen LogP contribution in [0.25, 0.3) is 11.0 Å². The van der Waals surface area contributed by atoms with E-state index in [1.54, 1.807) is 0 Å². The van der Waals surface area contributed by atoms with Gasteiger partial charge in [0.25, 0.3) is 0 Å². The fraction of sp³-hybridized carbons (Fsp3) is 0.579. The third-order valence-electron chi connectivity index (χ3n) is 4.03. The van der Waals surface area contributed by atoms with Crippen molar-refractivity contribution in [3.63, 3.8) is 0 Å². The molecule has 0 saturated heterocycles. The van der Waals surface area contributed by atoms with Crippen molar-refractivity contribution in [1.82, 2.24) is 5.32 Å². The van der Waals surface area contributed by atoms with Crippen LogP contribution in [0.15, 0.2) is 34.7 Å². The fourth-order valence-corrected chi connectivity index (χ4v) is 2.79. The first-order chi connectivity index (χ1) is 10.3. The number of nitrogens with one attached hydrogen (secondary N) is 1. The van der Waals surface area contributed by atoms with Crippen LogP contribution in [-0.4, -0.2) is 6.54 Å². The lowest BCUT2D eigenvalue weighted by molar-refractivity contribution is 0.396. The molecule has 1 aromatic carbocycles. The third kappa shape index (κ3) is 4.89. The minimum atomic E-state index is 0.360. The Hall–Kier alpha value is -1.28. The van der Waals surface area contributed by atoms with Gasteiger partial charge in [-0.15, -0.1) is 0 Å². The summed E-state index contributed by atoms with van der Waals surface area (Å²) in [6, 6.07) is 10.8. The van der Waals surface area contributed by atoms with Gasteiger partial charge in [-0.2, -0.15) is 0 Å². The lowest BCUT2D eigenvalue weighted by Gasteiger charge is -2.16. The molecule has 1 N–H and O–H groups in total. The molecule has 0 fully saturated rings. The molecule has 0 bridgehead atoms. The predicted molar refractivity (Wildman–Crippen MR) is 90.6 cm³/mol. The highest BCUT2D eigenvalue weighted by atomic mass is 16.3. The highest BCUT2D eigenvalue weighted by Crippen LogP contribution is 2.27. The summed E-state index contributed by atoms with van der Waals surface area (Å²) in [5.41, 5.74) is 1.00. The molecule has 2 heteroatoms. The van der Waals surface area contributed by atoms with Gasteiger partial charge in [0, 0.05) is 5.39 Å². The van der Waals surface area contributed by atoms with Crippen LogP contribution in [0.4, 0.5) is 0 Å². The van der Waals surface area contributed by atoms with Crippen molar-refractivity contribution >= 4 is 11.0 Å². The first kappa shape index (κ1) is 16.1. The van der Waals surface area contributed by atoms with E-state index in [9.17, 15) is 0 Å². The van der Waals surface area contributed by atoms with Gasteiger partial charge in [0.1, 0.15) is 11.3 Å². The highest BCUT2D eigenvalue weighted by Gasteiger charge is 2.15. The maximum Gasteiger partial charge on any atom is 0.134 e. The molecular formula is C19H29NO. The van der Waals surface area contributed by atoms with Crippen LogP contribution in [-0.2, 0) is 0 Å². The summed E-state index contributed by atoms with van der Waals surface area (Å²) in [7, 11) is 0. The van der Waals surface area contributed by atoms with E-state index >= 15 is 0 Å². The largest absolute Gasteiger partial charge is 0.459 e. The highest BCUT2D eigenvalue weighted by molar-refractivity contribution is 5.77. The Morgan fingerprint density at radius 3 is 2.57 bits per heavy atom. The van der Waals surface area contributed by atoms with Crippen LogP contribution >= 0.6 is 0 Å². The fourth-order valence-electron chi connectivity index (χ4n) is 2.79. The van der Waals surface area contributed by atoms with Crippen molar-refractivity contribution in [3.05, 3.63) is 36.1 Å². The van der Waals surface area contributed by atoms with Crippen LogP contribution in [0.1, 0.15) is 70.6 Å². The number of furan rings is 1. The van der Waals surface area contributed by atoms with Gasteiger partial charge >= 0.3 is 0 Å². The standard InChI is InChI=1S/C19H29NO/c1-3-5-6-7-8-12-17(20-14-4-2)19-15-16-11-9-10-13-18(16)21-19/h9-11,13,15,17,20H,3-8,12,14H2,1-2H3. The molecule has 1 atom stereocenters. The summed E-state index contributed by atoms with van der Waals surface area (Å²) in [4.78, 5) is 0. The lowest BCUT2D eigenvalue weighted by atomic mass is 10.0. The van der Waals surface area contributed by atoms with E-state index < -0.39 is 0 Å². The van der Waals surface area contributed by atoms with Crippen molar-refractivity contribution in [2.45, 2.75) is 64.8 Å². The summed E-state index contributed by atoms with van der Waals surface area (Å²) in [5, 5.41) is 4.85. The Bertz CT molecular complexity index is 484. The molecule has 2 rings (SSSR count). The third-order valence-corrected chi connectivity index (χ3v) is 4.03. The minimum Gasteiger partial charge on any atom is -0.459 e. The SMILES string of the molecule is CCCCCCCC(NCCC)c1cc2ccccc2o1. The number of rotatable bonds is 10. The summed E-state index contributed by atoms with van der Waals surface area (Å²) < 4.78 is 6.04. The zero-order valence-electron chi connectivity index (χ0n) is 13.5. The molecule has 1 unspecified atom stereocenters. The maximum absolute atomic E-state index is 6.04. The van der Waals surface area contributed by atoms with Gasteiger partial charge in [-0.25, -0.2) is 0 Å². The molecule has 0 saturated carbocycles. The Morgan fingerprint density at radius 1 is 1.00 bits per heavy atom. The topological polar surface area (TPSA) is 25.2 Å². The summed E-state index contributed by atoms with van der Waals surface area (Å²) in [6.07, 6.45) is 8.96. The number of fused-ring (bicyclic) bond motifs is 1. The number of unbranched alkanes of at least 4 members (excludes halogenated alkanes) is 4. The van der Waals surface area contributed by atoms with E-state index in [2.05, 4.69) is 43.4 Å². The second-order valence-corrected chi connectivity index (χ2v) is 5.90. The normalized spacial score (nSPS) is 12.9. The molecule has 0 spiro atoms. The van der Waals surface area contributed by atoms with Crippen molar-refractivity contribution in [1.29, 1.82) is 0 Å². The predicted octanol–water partition coefficient (Wildman–Crippen LogP) is 5.83. The molecule has 1 heterocycles. The summed E-state index contributed by atoms with van der Waals surface area (Å²) in [6.45, 7) is 5.53. The molecule has 116 valence electrons. The molecule has 0 aliphatic rings.